The number of benzene rings is 1. The number of methoxy groups -OCH3 is 4. The Morgan fingerprint density at radius 1 is 1.04 bits per heavy atom. The Kier molecular flexibility index (Phi) is 8.83. The fourth-order valence-electron chi connectivity index (χ4n) is 13.2. The van der Waals surface area contributed by atoms with Gasteiger partial charge in [0.15, 0.2) is 0 Å². The van der Waals surface area contributed by atoms with E-state index >= 15 is 0 Å². The lowest BCUT2D eigenvalue weighted by Crippen LogP contribution is -2.82. The molecule has 2 amide bonds. The van der Waals surface area contributed by atoms with Crippen molar-refractivity contribution in [1.29, 1.82) is 0 Å². The number of esters is 1. The van der Waals surface area contributed by atoms with Gasteiger partial charge in [-0.1, -0.05) is 26.0 Å². The van der Waals surface area contributed by atoms with Crippen LogP contribution in [0.15, 0.2) is 24.3 Å². The largest absolute Gasteiger partial charge is 0.461 e. The molecule has 12 nitrogen and oxygen atoms in total. The molecule has 8 rings (SSSR count). The molecule has 2 saturated heterocycles. The summed E-state index contributed by atoms with van der Waals surface area (Å²) in [6.07, 6.45) is 0.813. The first-order chi connectivity index (χ1) is 23.4. The molecule has 5 saturated carbocycles. The van der Waals surface area contributed by atoms with Crippen LogP contribution in [0.2, 0.25) is 0 Å². The summed E-state index contributed by atoms with van der Waals surface area (Å²) in [6, 6.07) is 6.12. The highest BCUT2D eigenvalue weighted by Gasteiger charge is 2.91. The molecule has 2 heterocycles. The lowest BCUT2D eigenvalue weighted by atomic mass is 9.42. The number of fused-ring (bicyclic) bond motifs is 2. The number of carbonyl (C=O) groups excluding carboxylic acids is 3. The Balaban J connectivity index is 0.00000392. The summed E-state index contributed by atoms with van der Waals surface area (Å²) < 4.78 is 31.4. The van der Waals surface area contributed by atoms with Crippen molar-refractivity contribution in [1.82, 2.24) is 4.90 Å². The molecule has 13 heteroatoms. The summed E-state index contributed by atoms with van der Waals surface area (Å²) in [4.78, 5) is 43.3. The normalized spacial score (nSPS) is 47.0. The van der Waals surface area contributed by atoms with Gasteiger partial charge in [-0.3, -0.25) is 14.5 Å². The van der Waals surface area contributed by atoms with Crippen LogP contribution in [-0.4, -0.2) is 123 Å². The number of hydrogen-bond acceptors (Lipinski definition) is 11. The van der Waals surface area contributed by atoms with Gasteiger partial charge in [0.25, 0.3) is 0 Å². The molecule has 276 valence electrons. The van der Waals surface area contributed by atoms with Gasteiger partial charge in [-0.2, -0.15) is 0 Å². The average Bonchev–Trinajstić information content (AvgIpc) is 3.63. The van der Waals surface area contributed by atoms with E-state index in [0.717, 1.165) is 11.3 Å². The number of likely N-dealkylation sites (N-methyl/N-ethyl adjacent to an activating group) is 1. The molecule has 0 unspecified atom stereocenters. The van der Waals surface area contributed by atoms with Crippen molar-refractivity contribution in [2.24, 2.45) is 40.4 Å². The third-order valence-electron chi connectivity index (χ3n) is 14.5. The van der Waals surface area contributed by atoms with Crippen molar-refractivity contribution in [2.75, 3.05) is 53.0 Å². The quantitative estimate of drug-likeness (QED) is 0.287. The fraction of sp³-hybridized carbons (Fsp3) is 0.757. The number of para-hydroxylation sites is 1. The Bertz CT molecular complexity index is 1560. The Morgan fingerprint density at radius 2 is 1.78 bits per heavy atom. The summed E-state index contributed by atoms with van der Waals surface area (Å²) in [5.74, 6) is -2.47. The highest BCUT2D eigenvalue weighted by atomic mass is 35.5. The van der Waals surface area contributed by atoms with Crippen molar-refractivity contribution in [2.45, 2.75) is 87.6 Å². The zero-order chi connectivity index (χ0) is 34.8. The minimum Gasteiger partial charge on any atom is -0.461 e. The van der Waals surface area contributed by atoms with E-state index in [4.69, 9.17) is 23.7 Å². The molecule has 5 aliphatic carbocycles. The maximum atomic E-state index is 14.1. The van der Waals surface area contributed by atoms with Crippen molar-refractivity contribution in [3.63, 3.8) is 0 Å². The minimum atomic E-state index is -1.70. The van der Waals surface area contributed by atoms with Crippen molar-refractivity contribution >= 4 is 35.9 Å². The molecule has 1 spiro atoms. The van der Waals surface area contributed by atoms with Crippen molar-refractivity contribution in [3.8, 4) is 0 Å². The lowest BCUT2D eigenvalue weighted by molar-refractivity contribution is -0.320. The van der Waals surface area contributed by atoms with Crippen LogP contribution in [0.5, 0.6) is 0 Å². The number of imide groups is 1. The number of piperidine rings is 1. The van der Waals surface area contributed by atoms with E-state index in [1.165, 1.54) is 0 Å². The van der Waals surface area contributed by atoms with Crippen molar-refractivity contribution in [3.05, 3.63) is 29.8 Å². The lowest BCUT2D eigenvalue weighted by Gasteiger charge is -2.70. The Hall–Kier alpha value is -2.16. The molecular weight excluding hydrogens is 668 g/mol. The van der Waals surface area contributed by atoms with Crippen LogP contribution in [0.4, 0.5) is 5.69 Å². The van der Waals surface area contributed by atoms with Crippen LogP contribution < -0.4 is 4.90 Å². The van der Waals surface area contributed by atoms with Gasteiger partial charge in [-0.15, -0.1) is 12.4 Å². The first-order valence-electron chi connectivity index (χ1n) is 17.9. The standard InChI is InChI=1S/C37H50N2O10.ClH/c1-7-38-17-34(18-49-32(42)20-10-8-9-11-23(20)39-26(40)14-19(2)31(39)41)13-12-25(46-4)36-22-15-21-24(45-3)16-35(43,27(22)28(21)47-5)37(44,33(36)38)30(48-6)29(34)36;/h8-11,19,21-22,24-25,27-30,33,43-44H,7,12-18H2,1-6H3;1H/t19-,21+,22-,24-,25+,27+,28-,29+,30-,33-,34-,35+,36-,37-;/m0./s1. The highest BCUT2D eigenvalue weighted by molar-refractivity contribution is 6.22. The van der Waals surface area contributed by atoms with Gasteiger partial charge in [-0.05, 0) is 43.9 Å². The van der Waals surface area contributed by atoms with E-state index in [1.54, 1.807) is 59.6 Å². The summed E-state index contributed by atoms with van der Waals surface area (Å²) in [6.45, 7) is 4.95. The molecule has 0 radical (unpaired) electrons. The van der Waals surface area contributed by atoms with E-state index in [-0.39, 0.29) is 96.9 Å². The molecule has 7 bridgehead atoms. The molecule has 1 aromatic carbocycles. The molecule has 1 aromatic rings. The number of carbonyl (C=O) groups is 3. The van der Waals surface area contributed by atoms with Gasteiger partial charge in [-0.25, -0.2) is 9.69 Å². The average molecular weight is 719 g/mol. The second-order valence-electron chi connectivity index (χ2n) is 16.0. The minimum absolute atomic E-state index is 0. The smallest absolute Gasteiger partial charge is 0.340 e. The molecule has 2 N–H and O–H groups in total. The molecular formula is C37H51ClN2O10. The van der Waals surface area contributed by atoms with Crippen LogP contribution in [-0.2, 0) is 33.3 Å². The summed E-state index contributed by atoms with van der Waals surface area (Å²) >= 11 is 0. The summed E-state index contributed by atoms with van der Waals surface area (Å²) in [7, 11) is 6.70. The molecule has 7 aliphatic rings. The highest BCUT2D eigenvalue weighted by Crippen LogP contribution is 2.80. The fourth-order valence-corrected chi connectivity index (χ4v) is 13.2. The van der Waals surface area contributed by atoms with Gasteiger partial charge in [0.05, 0.1) is 48.3 Å². The number of amides is 2. The maximum Gasteiger partial charge on any atom is 0.340 e. The molecule has 14 atom stereocenters. The second kappa shape index (κ2) is 12.2. The summed E-state index contributed by atoms with van der Waals surface area (Å²) in [5, 5.41) is 26.6. The topological polar surface area (TPSA) is 144 Å². The number of likely N-dealkylation sites (tertiary alicyclic amines) is 1. The van der Waals surface area contributed by atoms with Crippen LogP contribution in [0, 0.1) is 40.4 Å². The molecule has 2 aliphatic heterocycles. The number of anilines is 1. The monoisotopic (exact) mass is 718 g/mol. The molecule has 50 heavy (non-hydrogen) atoms. The number of hydrogen-bond donors (Lipinski definition) is 2. The van der Waals surface area contributed by atoms with E-state index in [2.05, 4.69) is 11.8 Å². The third kappa shape index (κ3) is 4.11. The van der Waals surface area contributed by atoms with Gasteiger partial charge < -0.3 is 33.9 Å². The first kappa shape index (κ1) is 36.2. The van der Waals surface area contributed by atoms with Crippen LogP contribution >= 0.6 is 12.4 Å². The van der Waals surface area contributed by atoms with E-state index in [0.29, 0.717) is 25.9 Å². The molecule has 7 fully saturated rings. The van der Waals surface area contributed by atoms with Crippen LogP contribution in [0.25, 0.3) is 0 Å². The van der Waals surface area contributed by atoms with E-state index in [1.807, 2.05) is 0 Å². The zero-order valence-electron chi connectivity index (χ0n) is 29.7. The number of nitrogens with zero attached hydrogens (tertiary/aromatic N) is 2. The Labute approximate surface area is 299 Å². The predicted molar refractivity (Wildman–Crippen MR) is 182 cm³/mol. The van der Waals surface area contributed by atoms with Crippen LogP contribution in [0.1, 0.15) is 56.3 Å². The Morgan fingerprint density at radius 3 is 2.40 bits per heavy atom. The van der Waals surface area contributed by atoms with Crippen LogP contribution in [0.3, 0.4) is 0 Å². The van der Waals surface area contributed by atoms with Gasteiger partial charge in [0.2, 0.25) is 11.8 Å². The molecule has 0 aromatic heterocycles. The van der Waals surface area contributed by atoms with Gasteiger partial charge >= 0.3 is 5.97 Å². The third-order valence-corrected chi connectivity index (χ3v) is 14.5. The van der Waals surface area contributed by atoms with E-state index < -0.39 is 46.1 Å². The van der Waals surface area contributed by atoms with E-state index in [9.17, 15) is 24.6 Å². The predicted octanol–water partition coefficient (Wildman–Crippen LogP) is 2.46. The van der Waals surface area contributed by atoms with Gasteiger partial charge in [0, 0.05) is 82.3 Å². The SMILES string of the molecule is CCN1C[C@]2(COC(=O)c3ccccc3N3C(=O)C[C@H](C)C3=O)CC[C@@H](OC)[C@@]34[C@@H]2[C@H](OC)[C@](O)([C@@H]13)[C@@]1(O)C[C@H](OC)[C@H]2C[C@H]4[C@@H]1[C@H]2OC.Cl. The number of ether oxygens (including phenoxy) is 5. The number of rotatable bonds is 9. The number of halogens is 1. The van der Waals surface area contributed by atoms with Crippen molar-refractivity contribution < 1.29 is 48.3 Å². The second-order valence-corrected chi connectivity index (χ2v) is 16.0. The number of aliphatic hydroxyl groups is 2. The zero-order valence-corrected chi connectivity index (χ0v) is 30.5. The van der Waals surface area contributed by atoms with Gasteiger partial charge in [0.1, 0.15) is 11.2 Å². The maximum absolute atomic E-state index is 14.1. The first-order valence-corrected chi connectivity index (χ1v) is 17.9. The summed E-state index contributed by atoms with van der Waals surface area (Å²) in [5.41, 5.74) is -4.17.